The molecular weight excluding hydrogens is 514 g/mol. The number of piperidine rings is 1. The molecule has 1 N–H and O–H groups in total. The summed E-state index contributed by atoms with van der Waals surface area (Å²) in [5.74, 6) is -1.59. The topological polar surface area (TPSA) is 72.5 Å². The van der Waals surface area contributed by atoms with Gasteiger partial charge in [0.2, 0.25) is 0 Å². The van der Waals surface area contributed by atoms with Crippen molar-refractivity contribution in [2.24, 2.45) is 0 Å². The summed E-state index contributed by atoms with van der Waals surface area (Å²) in [4.78, 5) is 31.8. The number of amides is 2. The van der Waals surface area contributed by atoms with Gasteiger partial charge >= 0.3 is 6.18 Å². The summed E-state index contributed by atoms with van der Waals surface area (Å²) in [6, 6.07) is 16.3. The Bertz CT molecular complexity index is 1560. The van der Waals surface area contributed by atoms with E-state index in [4.69, 9.17) is 0 Å². The van der Waals surface area contributed by atoms with Crippen molar-refractivity contribution in [2.45, 2.75) is 24.6 Å². The molecule has 0 saturated carbocycles. The van der Waals surface area contributed by atoms with E-state index in [0.717, 1.165) is 21.9 Å². The lowest BCUT2D eigenvalue weighted by Crippen LogP contribution is -2.57. The van der Waals surface area contributed by atoms with Gasteiger partial charge in [-0.05, 0) is 61.4 Å². The SMILES string of the molecule is O=C(c1ccc2[nH]ncc2c1)N1CCC2(CC1)C(=O)N(c1cc(C(F)(F)F)ccc1F)CN2c1ccccc1. The van der Waals surface area contributed by atoms with Crippen LogP contribution in [-0.4, -0.2) is 52.2 Å². The van der Waals surface area contributed by atoms with E-state index in [-0.39, 0.29) is 38.5 Å². The number of rotatable bonds is 3. The first-order valence-electron chi connectivity index (χ1n) is 12.4. The van der Waals surface area contributed by atoms with Gasteiger partial charge in [-0.3, -0.25) is 19.6 Å². The number of nitrogens with zero attached hydrogens (tertiary/aromatic N) is 4. The summed E-state index contributed by atoms with van der Waals surface area (Å²) < 4.78 is 55.1. The maximum absolute atomic E-state index is 14.9. The highest BCUT2D eigenvalue weighted by Crippen LogP contribution is 2.43. The second-order valence-corrected chi connectivity index (χ2v) is 9.80. The number of aromatic nitrogens is 2. The summed E-state index contributed by atoms with van der Waals surface area (Å²) >= 11 is 0. The van der Waals surface area contributed by atoms with Gasteiger partial charge < -0.3 is 9.80 Å². The molecule has 0 aliphatic carbocycles. The normalized spacial score (nSPS) is 17.4. The van der Waals surface area contributed by atoms with Crippen molar-refractivity contribution in [2.75, 3.05) is 29.6 Å². The third-order valence-electron chi connectivity index (χ3n) is 7.64. The Morgan fingerprint density at radius 1 is 0.974 bits per heavy atom. The quantitative estimate of drug-likeness (QED) is 0.365. The van der Waals surface area contributed by atoms with Crippen molar-refractivity contribution in [3.05, 3.63) is 89.9 Å². The maximum Gasteiger partial charge on any atom is 0.416 e. The lowest BCUT2D eigenvalue weighted by atomic mass is 9.85. The Labute approximate surface area is 220 Å². The van der Waals surface area contributed by atoms with Gasteiger partial charge in [0.25, 0.3) is 11.8 Å². The number of hydrogen-bond acceptors (Lipinski definition) is 4. The molecule has 6 rings (SSSR count). The van der Waals surface area contributed by atoms with Gasteiger partial charge in [-0.15, -0.1) is 0 Å². The third kappa shape index (κ3) is 4.18. The van der Waals surface area contributed by atoms with Crippen LogP contribution in [0.15, 0.2) is 72.9 Å². The number of halogens is 4. The van der Waals surface area contributed by atoms with Crippen molar-refractivity contribution < 1.29 is 27.2 Å². The molecule has 3 aromatic carbocycles. The van der Waals surface area contributed by atoms with E-state index in [2.05, 4.69) is 10.2 Å². The van der Waals surface area contributed by atoms with Gasteiger partial charge in [0.05, 0.1) is 29.6 Å². The number of fused-ring (bicyclic) bond motifs is 1. The minimum absolute atomic E-state index is 0.119. The van der Waals surface area contributed by atoms with E-state index in [1.54, 1.807) is 53.6 Å². The summed E-state index contributed by atoms with van der Waals surface area (Å²) in [5.41, 5.74) is -0.612. The fraction of sp³-hybridized carbons (Fsp3) is 0.250. The van der Waals surface area contributed by atoms with Crippen LogP contribution in [0.4, 0.5) is 28.9 Å². The van der Waals surface area contributed by atoms with Crippen LogP contribution in [0.5, 0.6) is 0 Å². The van der Waals surface area contributed by atoms with E-state index < -0.39 is 34.7 Å². The molecule has 11 heteroatoms. The molecule has 2 aliphatic heterocycles. The van der Waals surface area contributed by atoms with Crippen LogP contribution in [0.25, 0.3) is 10.9 Å². The number of benzene rings is 3. The summed E-state index contributed by atoms with van der Waals surface area (Å²) in [5, 5.41) is 7.62. The number of hydrogen-bond donors (Lipinski definition) is 1. The highest BCUT2D eigenvalue weighted by atomic mass is 19.4. The minimum Gasteiger partial charge on any atom is -0.338 e. The van der Waals surface area contributed by atoms with Gasteiger partial charge in [-0.1, -0.05) is 18.2 Å². The first-order chi connectivity index (χ1) is 18.7. The predicted octanol–water partition coefficient (Wildman–Crippen LogP) is 5.21. The number of para-hydroxylation sites is 1. The average molecular weight is 538 g/mol. The molecule has 7 nitrogen and oxygen atoms in total. The highest BCUT2D eigenvalue weighted by molar-refractivity contribution is 6.06. The predicted molar refractivity (Wildman–Crippen MR) is 137 cm³/mol. The Kier molecular flexibility index (Phi) is 5.81. The van der Waals surface area contributed by atoms with Gasteiger partial charge in [0, 0.05) is 29.7 Å². The molecule has 2 aliphatic rings. The van der Waals surface area contributed by atoms with Crippen LogP contribution in [-0.2, 0) is 11.0 Å². The van der Waals surface area contributed by atoms with E-state index in [1.165, 1.54) is 0 Å². The fourth-order valence-corrected chi connectivity index (χ4v) is 5.55. The van der Waals surface area contributed by atoms with Crippen molar-refractivity contribution in [3.8, 4) is 0 Å². The van der Waals surface area contributed by atoms with Crippen LogP contribution in [0.1, 0.15) is 28.8 Å². The van der Waals surface area contributed by atoms with E-state index >= 15 is 0 Å². The van der Waals surface area contributed by atoms with Crippen LogP contribution >= 0.6 is 0 Å². The van der Waals surface area contributed by atoms with Crippen molar-refractivity contribution in [1.29, 1.82) is 0 Å². The molecule has 2 fully saturated rings. The molecular formula is C28H23F4N5O2. The number of alkyl halides is 3. The number of H-pyrrole nitrogens is 1. The minimum atomic E-state index is -4.69. The van der Waals surface area contributed by atoms with Crippen molar-refractivity contribution in [1.82, 2.24) is 15.1 Å². The molecule has 0 bridgehead atoms. The molecule has 1 aromatic heterocycles. The van der Waals surface area contributed by atoms with E-state index in [0.29, 0.717) is 23.4 Å². The smallest absolute Gasteiger partial charge is 0.338 e. The van der Waals surface area contributed by atoms with Crippen LogP contribution in [0, 0.1) is 5.82 Å². The Balaban J connectivity index is 1.31. The Morgan fingerprint density at radius 3 is 2.44 bits per heavy atom. The summed E-state index contributed by atoms with van der Waals surface area (Å²) in [6.07, 6.45) is -2.59. The molecule has 200 valence electrons. The molecule has 3 heterocycles. The fourth-order valence-electron chi connectivity index (χ4n) is 5.55. The van der Waals surface area contributed by atoms with E-state index in [1.807, 2.05) is 11.0 Å². The highest BCUT2D eigenvalue weighted by Gasteiger charge is 2.55. The molecule has 1 spiro atoms. The van der Waals surface area contributed by atoms with Gasteiger partial charge in [-0.2, -0.15) is 18.3 Å². The zero-order chi connectivity index (χ0) is 27.4. The van der Waals surface area contributed by atoms with E-state index in [9.17, 15) is 27.2 Å². The molecule has 0 radical (unpaired) electrons. The van der Waals surface area contributed by atoms with Crippen LogP contribution in [0.3, 0.4) is 0 Å². The number of aromatic amines is 1. The number of carbonyl (C=O) groups excluding carboxylic acids is 2. The van der Waals surface area contributed by atoms with Crippen LogP contribution in [0.2, 0.25) is 0 Å². The second kappa shape index (κ2) is 9.11. The standard InChI is InChI=1S/C28H23F4N5O2/c29-22-8-7-20(28(30,31)32)15-24(22)36-17-37(21-4-2-1-3-5-21)27(26(36)39)10-12-35(13-11-27)25(38)18-6-9-23-19(14-18)16-33-34-23/h1-9,14-16H,10-13,17H2,(H,33,34). The largest absolute Gasteiger partial charge is 0.416 e. The number of carbonyl (C=O) groups is 2. The molecule has 39 heavy (non-hydrogen) atoms. The lowest BCUT2D eigenvalue weighted by molar-refractivity contribution is -0.137. The van der Waals surface area contributed by atoms with Gasteiger partial charge in [-0.25, -0.2) is 4.39 Å². The molecule has 0 unspecified atom stereocenters. The Morgan fingerprint density at radius 2 is 1.72 bits per heavy atom. The van der Waals surface area contributed by atoms with Gasteiger partial charge in [0.1, 0.15) is 11.4 Å². The monoisotopic (exact) mass is 537 g/mol. The maximum atomic E-state index is 14.9. The molecule has 4 aromatic rings. The van der Waals surface area contributed by atoms with Gasteiger partial charge in [0.15, 0.2) is 0 Å². The lowest BCUT2D eigenvalue weighted by Gasteiger charge is -2.43. The molecule has 2 amide bonds. The first-order valence-corrected chi connectivity index (χ1v) is 12.4. The molecule has 2 saturated heterocycles. The average Bonchev–Trinajstić information content (AvgIpc) is 3.51. The zero-order valence-electron chi connectivity index (χ0n) is 20.6. The zero-order valence-corrected chi connectivity index (χ0v) is 20.6. The number of likely N-dealkylation sites (tertiary alicyclic amines) is 1. The summed E-state index contributed by atoms with van der Waals surface area (Å²) in [7, 11) is 0. The number of nitrogens with one attached hydrogen (secondary N) is 1. The van der Waals surface area contributed by atoms with Crippen LogP contribution < -0.4 is 9.80 Å². The third-order valence-corrected chi connectivity index (χ3v) is 7.64. The van der Waals surface area contributed by atoms with Crippen molar-refractivity contribution in [3.63, 3.8) is 0 Å². The molecule has 0 atom stereocenters. The first kappa shape index (κ1) is 24.9. The summed E-state index contributed by atoms with van der Waals surface area (Å²) in [6.45, 7) is 0.374. The van der Waals surface area contributed by atoms with Crippen molar-refractivity contribution >= 4 is 34.1 Å². The second-order valence-electron chi connectivity index (χ2n) is 9.80. The Hall–Kier alpha value is -4.41. The number of anilines is 2.